The molecule has 0 atom stereocenters. The SMILES string of the molecule is O=C(Nc1ccc(C=C(COC(=O)Oc2ccc([N+](=O)[O-])cc2)COC(=O)Oc2ccc([N+](=O)[O-])cc2)cc1)OCC(=Cc1ccc([N+](=O)[O-])cc1)COC(=O)Nc1ccc(C=C(COC(=O)Oc2ccc([N+](=O)[O-])cc2)COC(=O)Oc2ccc([N+](=O)[O-])cc2)cc1. The summed E-state index contributed by atoms with van der Waals surface area (Å²) in [6.07, 6.45) is -2.55. The normalized spacial score (nSPS) is 10.2. The molecule has 0 aliphatic rings. The Morgan fingerprint density at radius 1 is 0.290 bits per heavy atom. The summed E-state index contributed by atoms with van der Waals surface area (Å²) >= 11 is 0. The lowest BCUT2D eigenvalue weighted by Gasteiger charge is -2.13. The summed E-state index contributed by atoms with van der Waals surface area (Å²) < 4.78 is 52.0. The van der Waals surface area contributed by atoms with E-state index >= 15 is 0 Å². The molecule has 0 spiro atoms. The van der Waals surface area contributed by atoms with Gasteiger partial charge in [0.25, 0.3) is 28.4 Å². The molecule has 7 aromatic rings. The fourth-order valence-electron chi connectivity index (χ4n) is 7.38. The number of non-ortho nitro benzene ring substituents is 5. The molecule has 93 heavy (non-hydrogen) atoms. The Labute approximate surface area is 521 Å². The lowest BCUT2D eigenvalue weighted by Crippen LogP contribution is -2.19. The van der Waals surface area contributed by atoms with Crippen LogP contribution in [0.15, 0.2) is 187 Å². The van der Waals surface area contributed by atoms with Gasteiger partial charge in [0, 0.05) is 88.8 Å². The van der Waals surface area contributed by atoms with Crippen molar-refractivity contribution in [2.45, 2.75) is 0 Å². The lowest BCUT2D eigenvalue weighted by atomic mass is 10.1. The molecule has 33 heteroatoms. The zero-order valence-corrected chi connectivity index (χ0v) is 47.5. The van der Waals surface area contributed by atoms with E-state index in [-0.39, 0.29) is 79.5 Å². The second-order valence-corrected chi connectivity index (χ2v) is 18.5. The third kappa shape index (κ3) is 22.6. The molecule has 476 valence electrons. The van der Waals surface area contributed by atoms with Gasteiger partial charge in [-0.05, 0) is 120 Å². The monoisotopic (exact) mass is 1280 g/mol. The van der Waals surface area contributed by atoms with Crippen molar-refractivity contribution in [3.8, 4) is 23.0 Å². The van der Waals surface area contributed by atoms with Crippen molar-refractivity contribution < 1.29 is 101 Å². The summed E-state index contributed by atoms with van der Waals surface area (Å²) in [5, 5.41) is 60.4. The lowest BCUT2D eigenvalue weighted by molar-refractivity contribution is -0.385. The number of hydrogen-bond acceptors (Lipinski definition) is 26. The van der Waals surface area contributed by atoms with Crippen molar-refractivity contribution in [1.29, 1.82) is 0 Å². The van der Waals surface area contributed by atoms with Gasteiger partial charge in [0.2, 0.25) is 0 Å². The Bertz CT molecular complexity index is 3610. The molecule has 33 nitrogen and oxygen atoms in total. The molecule has 0 aromatic heterocycles. The van der Waals surface area contributed by atoms with Crippen molar-refractivity contribution in [1.82, 2.24) is 0 Å². The maximum Gasteiger partial charge on any atom is 0.514 e. The Morgan fingerprint density at radius 3 is 0.699 bits per heavy atom. The van der Waals surface area contributed by atoms with Crippen LogP contribution in [0.4, 0.5) is 68.6 Å². The molecule has 0 aliphatic carbocycles. The van der Waals surface area contributed by atoms with Crippen LogP contribution in [-0.2, 0) is 28.4 Å². The highest BCUT2D eigenvalue weighted by atomic mass is 16.7. The Balaban J connectivity index is 0.966. The molecule has 0 aliphatic heterocycles. The molecule has 7 rings (SSSR count). The molecule has 2 amide bonds. The first kappa shape index (κ1) is 66.9. The Kier molecular flexibility index (Phi) is 23.7. The number of carbonyl (C=O) groups excluding carboxylic acids is 6. The average molecular weight is 1280 g/mol. The average Bonchev–Trinajstić information content (AvgIpc) is 2.27. The fourth-order valence-corrected chi connectivity index (χ4v) is 7.38. The van der Waals surface area contributed by atoms with E-state index in [1.165, 1.54) is 140 Å². The molecule has 2 N–H and O–H groups in total. The molecular weight excluding hydrogens is 1230 g/mol. The van der Waals surface area contributed by atoms with E-state index in [0.717, 1.165) is 48.5 Å². The van der Waals surface area contributed by atoms with Gasteiger partial charge in [-0.1, -0.05) is 24.3 Å². The predicted octanol–water partition coefficient (Wildman–Crippen LogP) is 12.7. The predicted molar refractivity (Wildman–Crippen MR) is 320 cm³/mol. The van der Waals surface area contributed by atoms with Gasteiger partial charge >= 0.3 is 36.8 Å². The Hall–Kier alpha value is -13.6. The minimum absolute atomic E-state index is 0.0841. The minimum atomic E-state index is -1.23. The van der Waals surface area contributed by atoms with Gasteiger partial charge in [-0.15, -0.1) is 0 Å². The highest BCUT2D eigenvalue weighted by molar-refractivity contribution is 5.86. The summed E-state index contributed by atoms with van der Waals surface area (Å²) in [4.78, 5) is 129. The number of nitro groups is 5. The van der Waals surface area contributed by atoms with Crippen LogP contribution in [0.3, 0.4) is 0 Å². The van der Waals surface area contributed by atoms with Crippen LogP contribution in [0.1, 0.15) is 16.7 Å². The van der Waals surface area contributed by atoms with Gasteiger partial charge in [-0.25, -0.2) is 28.8 Å². The van der Waals surface area contributed by atoms with Gasteiger partial charge in [-0.2, -0.15) is 0 Å². The summed E-state index contributed by atoms with van der Waals surface area (Å²) in [5.41, 5.74) is 0.813. The van der Waals surface area contributed by atoms with E-state index in [2.05, 4.69) is 10.6 Å². The highest BCUT2D eigenvalue weighted by Gasteiger charge is 2.18. The quantitative estimate of drug-likeness (QED) is 0.0167. The Morgan fingerprint density at radius 2 is 0.484 bits per heavy atom. The summed E-state index contributed by atoms with van der Waals surface area (Å²) in [7, 11) is 0. The molecule has 7 aromatic carbocycles. The van der Waals surface area contributed by atoms with Crippen molar-refractivity contribution in [2.24, 2.45) is 0 Å². The summed E-state index contributed by atoms with van der Waals surface area (Å²) in [5.74, 6) is -0.336. The third-order valence-electron chi connectivity index (χ3n) is 11.8. The number of benzene rings is 7. The van der Waals surface area contributed by atoms with Gasteiger partial charge in [0.05, 0.1) is 24.6 Å². The number of ether oxygens (including phenoxy) is 10. The molecule has 0 saturated carbocycles. The number of amides is 2. The van der Waals surface area contributed by atoms with E-state index in [0.29, 0.717) is 16.7 Å². The van der Waals surface area contributed by atoms with Crippen molar-refractivity contribution >= 4 is 94.8 Å². The zero-order valence-electron chi connectivity index (χ0n) is 47.5. The first-order chi connectivity index (χ1) is 44.6. The fraction of sp³-hybridized carbons (Fsp3) is 0.100. The molecule has 0 unspecified atom stereocenters. The maximum absolute atomic E-state index is 13.2. The third-order valence-corrected chi connectivity index (χ3v) is 11.8. The maximum atomic E-state index is 13.2. The molecule has 0 radical (unpaired) electrons. The van der Waals surface area contributed by atoms with Gasteiger partial charge in [0.15, 0.2) is 0 Å². The van der Waals surface area contributed by atoms with Crippen molar-refractivity contribution in [3.63, 3.8) is 0 Å². The van der Waals surface area contributed by atoms with E-state index in [4.69, 9.17) is 47.4 Å². The van der Waals surface area contributed by atoms with Crippen molar-refractivity contribution in [2.75, 3.05) is 50.3 Å². The molecular formula is C60H45N7O26. The number of anilines is 2. The number of nitrogens with zero attached hydrogens (tertiary/aromatic N) is 5. The van der Waals surface area contributed by atoms with Crippen LogP contribution in [0.2, 0.25) is 0 Å². The molecule has 0 bridgehead atoms. The second-order valence-electron chi connectivity index (χ2n) is 18.5. The summed E-state index contributed by atoms with van der Waals surface area (Å²) in [6, 6.07) is 35.2. The van der Waals surface area contributed by atoms with E-state index in [1.807, 2.05) is 0 Å². The first-order valence-electron chi connectivity index (χ1n) is 26.4. The van der Waals surface area contributed by atoms with Gasteiger partial charge in [0.1, 0.15) is 62.6 Å². The minimum Gasteiger partial charge on any atom is -0.445 e. The van der Waals surface area contributed by atoms with E-state index in [1.54, 1.807) is 0 Å². The molecule has 0 fully saturated rings. The van der Waals surface area contributed by atoms with Crippen LogP contribution >= 0.6 is 0 Å². The number of carbonyl (C=O) groups is 6. The van der Waals surface area contributed by atoms with Crippen LogP contribution in [0.5, 0.6) is 23.0 Å². The number of nitrogens with one attached hydrogen (secondary N) is 2. The largest absolute Gasteiger partial charge is 0.514 e. The van der Waals surface area contributed by atoms with Crippen molar-refractivity contribution in [3.05, 3.63) is 254 Å². The standard InChI is InChI=1S/C60H45N7O26/c68-55(61-44-7-1-38(2-8-44)29-42(34-86-57(70)90-51-21-13-47(14-22-51)64(76)77)35-87-58(71)91-52-23-15-48(16-24-52)65(78)79)84-32-41(31-40-5-11-46(12-6-40)63(74)75)33-85-56(69)62-45-9-3-39(4-10-45)30-43(36-88-59(72)92-53-25-17-49(18-26-53)66(80)81)37-89-60(73)93-54-27-19-50(20-28-54)67(82)83/h1-31H,32-37H2,(H,61,68)(H,62,69). The molecule has 0 heterocycles. The summed E-state index contributed by atoms with van der Waals surface area (Å²) in [6.45, 7) is -3.11. The zero-order chi connectivity index (χ0) is 66.8. The second kappa shape index (κ2) is 32.9. The highest BCUT2D eigenvalue weighted by Crippen LogP contribution is 2.24. The van der Waals surface area contributed by atoms with E-state index < -0.39 is 101 Å². The van der Waals surface area contributed by atoms with Crippen LogP contribution in [0.25, 0.3) is 18.2 Å². The van der Waals surface area contributed by atoms with Crippen LogP contribution < -0.4 is 29.6 Å². The van der Waals surface area contributed by atoms with Crippen LogP contribution in [-0.4, -0.2) is 101 Å². The van der Waals surface area contributed by atoms with Crippen LogP contribution in [0, 0.1) is 50.6 Å². The van der Waals surface area contributed by atoms with E-state index in [9.17, 15) is 79.3 Å². The smallest absolute Gasteiger partial charge is 0.445 e. The first-order valence-corrected chi connectivity index (χ1v) is 26.4. The number of rotatable bonds is 26. The topological polar surface area (TPSA) is 434 Å². The molecule has 0 saturated heterocycles. The van der Waals surface area contributed by atoms with Gasteiger partial charge in [-0.3, -0.25) is 61.2 Å². The van der Waals surface area contributed by atoms with Gasteiger partial charge < -0.3 is 47.4 Å². The number of nitro benzene ring substituents is 5. The number of hydrogen-bond donors (Lipinski definition) is 2.